The normalized spacial score (nSPS) is 15.0. The Morgan fingerprint density at radius 1 is 0.957 bits per heavy atom. The molecule has 4 aromatic rings. The maximum absolute atomic E-state index is 13.0. The van der Waals surface area contributed by atoms with Crippen molar-refractivity contribution in [3.05, 3.63) is 60.3 Å². The Labute approximate surface area is 132 Å². The molecule has 0 aliphatic carbocycles. The van der Waals surface area contributed by atoms with Crippen LogP contribution in [0.25, 0.3) is 27.6 Å². The van der Waals surface area contributed by atoms with Crippen LogP contribution in [0.4, 0.5) is 0 Å². The fourth-order valence-corrected chi connectivity index (χ4v) is 5.05. The summed E-state index contributed by atoms with van der Waals surface area (Å²) in [4.78, 5) is 4.99. The number of hydrogen-bond donors (Lipinski definition) is 0. The van der Waals surface area contributed by atoms with Crippen molar-refractivity contribution in [1.82, 2.24) is 9.55 Å². The molecule has 0 amide bonds. The molecule has 3 heterocycles. The Morgan fingerprint density at radius 2 is 1.78 bits per heavy atom. The van der Waals surface area contributed by atoms with E-state index in [1.54, 1.807) is 30.5 Å². The van der Waals surface area contributed by atoms with Gasteiger partial charge in [0.2, 0.25) is 9.84 Å². The molecule has 0 radical (unpaired) electrons. The summed E-state index contributed by atoms with van der Waals surface area (Å²) >= 11 is 0. The summed E-state index contributed by atoms with van der Waals surface area (Å²) in [5.41, 5.74) is 2.84. The van der Waals surface area contributed by atoms with Gasteiger partial charge in [0.05, 0.1) is 15.9 Å². The van der Waals surface area contributed by atoms with E-state index in [1.165, 1.54) is 0 Å². The molecule has 2 aromatic heterocycles. The lowest BCUT2D eigenvalue weighted by Gasteiger charge is -2.19. The predicted octanol–water partition coefficient (Wildman–Crippen LogP) is 3.63. The molecule has 0 atom stereocenters. The summed E-state index contributed by atoms with van der Waals surface area (Å²) in [7, 11) is -3.55. The van der Waals surface area contributed by atoms with Crippen molar-refractivity contribution in [1.29, 1.82) is 0 Å². The van der Waals surface area contributed by atoms with Gasteiger partial charge in [-0.15, -0.1) is 0 Å². The van der Waals surface area contributed by atoms with Crippen LogP contribution in [0.3, 0.4) is 0 Å². The number of aromatic nitrogens is 2. The van der Waals surface area contributed by atoms with Crippen LogP contribution < -0.4 is 0 Å². The second-order valence-corrected chi connectivity index (χ2v) is 7.72. The average Bonchev–Trinajstić information content (AvgIpc) is 2.87. The number of pyridine rings is 1. The van der Waals surface area contributed by atoms with Crippen molar-refractivity contribution in [3.8, 4) is 5.82 Å². The Bertz CT molecular complexity index is 1240. The molecule has 4 nitrogen and oxygen atoms in total. The third-order valence-electron chi connectivity index (χ3n) is 4.45. The number of aryl methyl sites for hydroxylation is 1. The molecule has 0 bridgehead atoms. The molecular formula is C18H12N2O2S. The highest BCUT2D eigenvalue weighted by atomic mass is 32.2. The third-order valence-corrected chi connectivity index (χ3v) is 6.25. The first-order valence-electron chi connectivity index (χ1n) is 7.33. The molecule has 5 heteroatoms. The minimum atomic E-state index is -3.55. The molecule has 0 saturated carbocycles. The number of para-hydroxylation sites is 1. The molecule has 112 valence electrons. The molecule has 1 aliphatic heterocycles. The fourth-order valence-electron chi connectivity index (χ4n) is 3.46. The Balaban J connectivity index is 2.19. The lowest BCUT2D eigenvalue weighted by molar-refractivity contribution is 0.594. The van der Waals surface area contributed by atoms with Crippen molar-refractivity contribution in [3.63, 3.8) is 0 Å². The van der Waals surface area contributed by atoms with Crippen molar-refractivity contribution in [2.45, 2.75) is 16.7 Å². The van der Waals surface area contributed by atoms with Crippen LogP contribution in [0.5, 0.6) is 0 Å². The Kier molecular flexibility index (Phi) is 2.23. The van der Waals surface area contributed by atoms with Gasteiger partial charge in [-0.2, -0.15) is 0 Å². The molecular weight excluding hydrogens is 308 g/mol. The summed E-state index contributed by atoms with van der Waals surface area (Å²) in [6.07, 6.45) is 1.63. The van der Waals surface area contributed by atoms with Gasteiger partial charge in [-0.25, -0.2) is 13.4 Å². The minimum absolute atomic E-state index is 0.263. The number of sulfone groups is 1. The highest BCUT2D eigenvalue weighted by Gasteiger charge is 2.33. The zero-order valence-corrected chi connectivity index (χ0v) is 13.1. The molecule has 0 N–H and O–H groups in total. The van der Waals surface area contributed by atoms with E-state index in [0.717, 1.165) is 27.4 Å². The van der Waals surface area contributed by atoms with Crippen LogP contribution in [0.2, 0.25) is 0 Å². The van der Waals surface area contributed by atoms with Crippen LogP contribution >= 0.6 is 0 Å². The Hall–Kier alpha value is -2.66. The van der Waals surface area contributed by atoms with E-state index in [9.17, 15) is 8.42 Å². The van der Waals surface area contributed by atoms with E-state index in [2.05, 4.69) is 11.1 Å². The van der Waals surface area contributed by atoms with Crippen LogP contribution in [0, 0.1) is 6.92 Å². The maximum atomic E-state index is 13.0. The smallest absolute Gasteiger partial charge is 0.212 e. The Morgan fingerprint density at radius 3 is 2.65 bits per heavy atom. The standard InChI is InChI=1S/C18H12N2O2S/c1-11-7-8-12-13-4-2-5-15-17(13)20(14(12)10-11)18-16(23(15,21)22)6-3-9-19-18/h2-10H,1H3. The average molecular weight is 320 g/mol. The van der Waals surface area contributed by atoms with Crippen molar-refractivity contribution < 1.29 is 8.42 Å². The first-order valence-corrected chi connectivity index (χ1v) is 8.81. The third kappa shape index (κ3) is 1.45. The first-order chi connectivity index (χ1) is 11.1. The fraction of sp³-hybridized carbons (Fsp3) is 0.0556. The molecule has 0 fully saturated rings. The molecule has 2 aromatic carbocycles. The van der Waals surface area contributed by atoms with Gasteiger partial charge < -0.3 is 0 Å². The number of rotatable bonds is 0. The zero-order valence-electron chi connectivity index (χ0n) is 12.3. The second kappa shape index (κ2) is 4.00. The van der Waals surface area contributed by atoms with Gasteiger partial charge in [0.25, 0.3) is 0 Å². The van der Waals surface area contributed by atoms with Gasteiger partial charge in [-0.1, -0.05) is 24.3 Å². The molecule has 1 aliphatic rings. The number of hydrogen-bond acceptors (Lipinski definition) is 3. The summed E-state index contributed by atoms with van der Waals surface area (Å²) in [5, 5.41) is 1.98. The first kappa shape index (κ1) is 12.8. The summed E-state index contributed by atoms with van der Waals surface area (Å²) in [6.45, 7) is 2.03. The van der Waals surface area contributed by atoms with Crippen molar-refractivity contribution in [2.24, 2.45) is 0 Å². The summed E-state index contributed by atoms with van der Waals surface area (Å²) < 4.78 is 27.9. The van der Waals surface area contributed by atoms with Crippen molar-refractivity contribution in [2.75, 3.05) is 0 Å². The van der Waals surface area contributed by atoms with Crippen LogP contribution in [0.1, 0.15) is 5.56 Å². The van der Waals surface area contributed by atoms with Gasteiger partial charge in [0.1, 0.15) is 4.90 Å². The van der Waals surface area contributed by atoms with E-state index in [0.29, 0.717) is 10.7 Å². The predicted molar refractivity (Wildman–Crippen MR) is 88.8 cm³/mol. The number of benzene rings is 2. The van der Waals surface area contributed by atoms with Gasteiger partial charge in [-0.05, 0) is 36.8 Å². The molecule has 0 saturated heterocycles. The lowest BCUT2D eigenvalue weighted by atomic mass is 10.1. The van der Waals surface area contributed by atoms with Gasteiger partial charge >= 0.3 is 0 Å². The van der Waals surface area contributed by atoms with E-state index in [1.807, 2.05) is 29.7 Å². The summed E-state index contributed by atoms with van der Waals surface area (Å²) in [6, 6.07) is 14.9. The molecule has 23 heavy (non-hydrogen) atoms. The van der Waals surface area contributed by atoms with E-state index in [4.69, 9.17) is 0 Å². The van der Waals surface area contributed by atoms with E-state index >= 15 is 0 Å². The minimum Gasteiger partial charge on any atom is -0.291 e. The zero-order chi connectivity index (χ0) is 15.8. The van der Waals surface area contributed by atoms with Gasteiger partial charge in [-0.3, -0.25) is 4.57 Å². The van der Waals surface area contributed by atoms with Crippen LogP contribution in [0.15, 0.2) is 64.5 Å². The van der Waals surface area contributed by atoms with E-state index in [-0.39, 0.29) is 4.90 Å². The molecule has 5 rings (SSSR count). The largest absolute Gasteiger partial charge is 0.291 e. The topological polar surface area (TPSA) is 52.0 Å². The van der Waals surface area contributed by atoms with Crippen LogP contribution in [-0.2, 0) is 9.84 Å². The van der Waals surface area contributed by atoms with E-state index < -0.39 is 9.84 Å². The van der Waals surface area contributed by atoms with Gasteiger partial charge in [0, 0.05) is 17.0 Å². The number of nitrogens with zero attached hydrogens (tertiary/aromatic N) is 2. The molecule has 0 spiro atoms. The number of fused-ring (bicyclic) bond motifs is 5. The summed E-state index contributed by atoms with van der Waals surface area (Å²) in [5.74, 6) is 0.483. The quantitative estimate of drug-likeness (QED) is 0.438. The van der Waals surface area contributed by atoms with Gasteiger partial charge in [0.15, 0.2) is 5.82 Å². The second-order valence-electron chi connectivity index (χ2n) is 5.84. The highest BCUT2D eigenvalue weighted by Crippen LogP contribution is 2.42. The van der Waals surface area contributed by atoms with Crippen LogP contribution in [-0.4, -0.2) is 18.0 Å². The lowest BCUT2D eigenvalue weighted by Crippen LogP contribution is -2.15. The monoisotopic (exact) mass is 320 g/mol. The SMILES string of the molecule is Cc1ccc2c3cccc4c3n(c2c1)-c1ncccc1S4(=O)=O. The maximum Gasteiger partial charge on any atom is 0.212 e. The molecule has 0 unspecified atom stereocenters. The highest BCUT2D eigenvalue weighted by molar-refractivity contribution is 7.92. The van der Waals surface area contributed by atoms with Crippen molar-refractivity contribution >= 4 is 31.6 Å².